The van der Waals surface area contributed by atoms with Crippen molar-refractivity contribution in [3.63, 3.8) is 0 Å². The Balaban J connectivity index is 1.68. The van der Waals surface area contributed by atoms with E-state index >= 15 is 0 Å². The Morgan fingerprint density at radius 1 is 1.30 bits per heavy atom. The summed E-state index contributed by atoms with van der Waals surface area (Å²) in [7, 11) is 0. The van der Waals surface area contributed by atoms with E-state index in [1.54, 1.807) is 11.3 Å². The molecular weight excluding hydrogens is 290 g/mol. The molecule has 0 unspecified atom stereocenters. The smallest absolute Gasteiger partial charge is 0.257 e. The normalized spacial score (nSPS) is 11.1. The molecule has 0 amide bonds. The molecule has 0 radical (unpaired) electrons. The van der Waals surface area contributed by atoms with Crippen molar-refractivity contribution in [3.8, 4) is 0 Å². The minimum Gasteiger partial charge on any atom is -0.431 e. The molecule has 5 heteroatoms. The molecule has 0 saturated heterocycles. The van der Waals surface area contributed by atoms with Crippen molar-refractivity contribution in [2.75, 3.05) is 5.75 Å². The number of aryl methyl sites for hydroxylation is 1. The number of hydrogen-bond donors (Lipinski definition) is 0. The van der Waals surface area contributed by atoms with Crippen LogP contribution in [0.25, 0.3) is 11.1 Å². The fraction of sp³-hybridized carbons (Fsp3) is 0.200. The van der Waals surface area contributed by atoms with Gasteiger partial charge in [0.05, 0.1) is 10.6 Å². The van der Waals surface area contributed by atoms with Crippen LogP contribution in [0.3, 0.4) is 0 Å². The largest absolute Gasteiger partial charge is 0.431 e. The predicted octanol–water partition coefficient (Wildman–Crippen LogP) is 4.43. The van der Waals surface area contributed by atoms with Gasteiger partial charge in [0.2, 0.25) is 0 Å². The first-order chi connectivity index (χ1) is 9.76. The molecule has 0 atom stereocenters. The van der Waals surface area contributed by atoms with Crippen LogP contribution in [0, 0.1) is 0 Å². The van der Waals surface area contributed by atoms with Crippen LogP contribution < -0.4 is 0 Å². The highest BCUT2D eigenvalue weighted by molar-refractivity contribution is 7.99. The van der Waals surface area contributed by atoms with Crippen LogP contribution in [0.2, 0.25) is 0 Å². The molecule has 0 aliphatic carbocycles. The molecule has 3 nitrogen and oxygen atoms in total. The van der Waals surface area contributed by atoms with Gasteiger partial charge in [-0.1, -0.05) is 30.8 Å². The van der Waals surface area contributed by atoms with Gasteiger partial charge in [-0.25, -0.2) is 4.98 Å². The Labute approximate surface area is 125 Å². The first kappa shape index (κ1) is 13.4. The number of aromatic nitrogens is 1. The van der Waals surface area contributed by atoms with Crippen LogP contribution in [0.5, 0.6) is 0 Å². The molecule has 102 valence electrons. The number of fused-ring (bicyclic) bond motifs is 1. The lowest BCUT2D eigenvalue weighted by Crippen LogP contribution is -1.99. The van der Waals surface area contributed by atoms with E-state index in [1.165, 1.54) is 16.6 Å². The summed E-state index contributed by atoms with van der Waals surface area (Å²) in [6, 6.07) is 11.5. The van der Waals surface area contributed by atoms with E-state index in [1.807, 2.05) is 36.4 Å². The van der Waals surface area contributed by atoms with Crippen LogP contribution in [-0.2, 0) is 6.42 Å². The van der Waals surface area contributed by atoms with Crippen molar-refractivity contribution in [1.29, 1.82) is 0 Å². The lowest BCUT2D eigenvalue weighted by molar-refractivity contribution is 0.102. The van der Waals surface area contributed by atoms with Crippen LogP contribution in [0.1, 0.15) is 21.5 Å². The maximum absolute atomic E-state index is 12.1. The van der Waals surface area contributed by atoms with E-state index in [4.69, 9.17) is 4.42 Å². The van der Waals surface area contributed by atoms with Gasteiger partial charge in [0.1, 0.15) is 5.52 Å². The number of hydrogen-bond acceptors (Lipinski definition) is 5. The number of Topliss-reactive ketones (excluding diaryl/α,β-unsaturated/α-hetero) is 1. The third kappa shape index (κ3) is 2.78. The van der Waals surface area contributed by atoms with Crippen LogP contribution in [0.15, 0.2) is 46.0 Å². The monoisotopic (exact) mass is 303 g/mol. The highest BCUT2D eigenvalue weighted by Gasteiger charge is 2.12. The number of thiophene rings is 1. The first-order valence-corrected chi connectivity index (χ1v) is 8.16. The first-order valence-electron chi connectivity index (χ1n) is 6.36. The number of rotatable bonds is 5. The van der Waals surface area contributed by atoms with Crippen molar-refractivity contribution < 1.29 is 9.21 Å². The second kappa shape index (κ2) is 5.81. The fourth-order valence-corrected chi connectivity index (χ4v) is 3.53. The number of carbonyl (C=O) groups is 1. The SMILES string of the molecule is CCc1ccc(C(=O)CSc2nc3ccccc3o2)s1. The topological polar surface area (TPSA) is 43.1 Å². The highest BCUT2D eigenvalue weighted by Crippen LogP contribution is 2.25. The summed E-state index contributed by atoms with van der Waals surface area (Å²) in [5, 5.41) is 0.548. The van der Waals surface area contributed by atoms with Gasteiger partial charge in [0.25, 0.3) is 5.22 Å². The molecule has 0 bridgehead atoms. The minimum absolute atomic E-state index is 0.127. The zero-order valence-corrected chi connectivity index (χ0v) is 12.6. The highest BCUT2D eigenvalue weighted by atomic mass is 32.2. The minimum atomic E-state index is 0.127. The molecule has 2 aromatic heterocycles. The summed E-state index contributed by atoms with van der Waals surface area (Å²) in [5.74, 6) is 0.484. The Hall–Kier alpha value is -1.59. The lowest BCUT2D eigenvalue weighted by Gasteiger charge is -1.94. The molecule has 3 rings (SSSR count). The van der Waals surface area contributed by atoms with E-state index in [0.717, 1.165) is 22.4 Å². The Morgan fingerprint density at radius 2 is 2.15 bits per heavy atom. The van der Waals surface area contributed by atoms with Crippen LogP contribution in [-0.4, -0.2) is 16.5 Å². The number of ketones is 1. The molecule has 20 heavy (non-hydrogen) atoms. The Morgan fingerprint density at radius 3 is 2.90 bits per heavy atom. The van der Waals surface area contributed by atoms with Gasteiger partial charge in [-0.3, -0.25) is 4.79 Å². The summed E-state index contributed by atoms with van der Waals surface area (Å²) < 4.78 is 5.58. The second-order valence-corrected chi connectivity index (χ2v) is 6.37. The molecule has 2 heterocycles. The number of para-hydroxylation sites is 2. The van der Waals surface area contributed by atoms with Gasteiger partial charge >= 0.3 is 0 Å². The summed E-state index contributed by atoms with van der Waals surface area (Å²) >= 11 is 2.91. The molecule has 0 fully saturated rings. The molecule has 1 aromatic carbocycles. The lowest BCUT2D eigenvalue weighted by atomic mass is 10.3. The van der Waals surface area contributed by atoms with Crippen molar-refractivity contribution in [1.82, 2.24) is 4.98 Å². The van der Waals surface area contributed by atoms with E-state index in [0.29, 0.717) is 11.0 Å². The quantitative estimate of drug-likeness (QED) is 0.516. The number of nitrogens with zero attached hydrogens (tertiary/aromatic N) is 1. The predicted molar refractivity (Wildman–Crippen MR) is 82.8 cm³/mol. The molecule has 0 aliphatic heterocycles. The van der Waals surface area contributed by atoms with Gasteiger partial charge in [-0.05, 0) is 30.7 Å². The zero-order chi connectivity index (χ0) is 13.9. The van der Waals surface area contributed by atoms with Crippen LogP contribution in [0.4, 0.5) is 0 Å². The van der Waals surface area contributed by atoms with Gasteiger partial charge in [-0.2, -0.15) is 0 Å². The van der Waals surface area contributed by atoms with Crippen molar-refractivity contribution in [2.45, 2.75) is 18.6 Å². The fourth-order valence-electron chi connectivity index (χ4n) is 1.83. The summed E-state index contributed by atoms with van der Waals surface area (Å²) in [6.07, 6.45) is 0.968. The number of oxazole rings is 1. The maximum Gasteiger partial charge on any atom is 0.257 e. The Kier molecular flexibility index (Phi) is 3.89. The van der Waals surface area contributed by atoms with Gasteiger partial charge in [0.15, 0.2) is 11.4 Å². The van der Waals surface area contributed by atoms with E-state index in [2.05, 4.69) is 11.9 Å². The van der Waals surface area contributed by atoms with Gasteiger partial charge in [-0.15, -0.1) is 11.3 Å². The average Bonchev–Trinajstić information content (AvgIpc) is 3.10. The van der Waals surface area contributed by atoms with Gasteiger partial charge < -0.3 is 4.42 Å². The van der Waals surface area contributed by atoms with Crippen molar-refractivity contribution in [2.24, 2.45) is 0 Å². The van der Waals surface area contributed by atoms with Gasteiger partial charge in [0, 0.05) is 4.88 Å². The van der Waals surface area contributed by atoms with E-state index in [-0.39, 0.29) is 5.78 Å². The van der Waals surface area contributed by atoms with Crippen molar-refractivity contribution >= 4 is 40.0 Å². The molecule has 0 N–H and O–H groups in total. The zero-order valence-electron chi connectivity index (χ0n) is 11.0. The maximum atomic E-state index is 12.1. The number of thioether (sulfide) groups is 1. The van der Waals surface area contributed by atoms with E-state index in [9.17, 15) is 4.79 Å². The number of benzene rings is 1. The molecule has 0 aliphatic rings. The van der Waals surface area contributed by atoms with Crippen LogP contribution >= 0.6 is 23.1 Å². The molecule has 3 aromatic rings. The average molecular weight is 303 g/mol. The summed E-state index contributed by atoms with van der Waals surface area (Å²) in [6.45, 7) is 2.09. The second-order valence-electron chi connectivity index (χ2n) is 4.28. The molecule has 0 saturated carbocycles. The third-order valence-corrected chi connectivity index (χ3v) is 4.98. The molecular formula is C15H13NO2S2. The van der Waals surface area contributed by atoms with E-state index < -0.39 is 0 Å². The standard InChI is InChI=1S/C15H13NO2S2/c1-2-10-7-8-14(20-10)12(17)9-19-15-16-11-5-3-4-6-13(11)18-15/h3-8H,2,9H2,1H3. The molecule has 0 spiro atoms. The summed E-state index contributed by atoms with van der Waals surface area (Å²) in [5.41, 5.74) is 1.58. The Bertz CT molecular complexity index is 712. The third-order valence-electron chi connectivity index (χ3n) is 2.89. The van der Waals surface area contributed by atoms with Crippen molar-refractivity contribution in [3.05, 3.63) is 46.2 Å². The summed E-state index contributed by atoms with van der Waals surface area (Å²) in [4.78, 5) is 18.5. The number of carbonyl (C=O) groups excluding carboxylic acids is 1.